The third-order valence-corrected chi connectivity index (χ3v) is 3.68. The third-order valence-electron chi connectivity index (χ3n) is 3.68. The van der Waals surface area contributed by atoms with Crippen molar-refractivity contribution in [1.82, 2.24) is 5.32 Å². The van der Waals surface area contributed by atoms with E-state index < -0.39 is 0 Å². The van der Waals surface area contributed by atoms with Gasteiger partial charge in [-0.2, -0.15) is 0 Å². The van der Waals surface area contributed by atoms with Crippen molar-refractivity contribution in [2.75, 3.05) is 13.3 Å². The van der Waals surface area contributed by atoms with Gasteiger partial charge in [0.05, 0.1) is 0 Å². The van der Waals surface area contributed by atoms with Crippen molar-refractivity contribution in [1.29, 1.82) is 0 Å². The van der Waals surface area contributed by atoms with E-state index in [1.165, 1.54) is 24.8 Å². The van der Waals surface area contributed by atoms with Crippen LogP contribution < -0.4 is 14.8 Å². The van der Waals surface area contributed by atoms with Crippen molar-refractivity contribution in [2.24, 2.45) is 0 Å². The fourth-order valence-electron chi connectivity index (χ4n) is 2.71. The van der Waals surface area contributed by atoms with Crippen molar-refractivity contribution in [2.45, 2.75) is 38.6 Å². The van der Waals surface area contributed by atoms with E-state index in [9.17, 15) is 0 Å². The first-order valence-electron chi connectivity index (χ1n) is 6.46. The van der Waals surface area contributed by atoms with Crippen molar-refractivity contribution < 1.29 is 9.47 Å². The molecule has 92 valence electrons. The van der Waals surface area contributed by atoms with E-state index in [1.807, 2.05) is 0 Å². The van der Waals surface area contributed by atoms with Crippen LogP contribution in [0.4, 0.5) is 0 Å². The summed E-state index contributed by atoms with van der Waals surface area (Å²) in [5, 5.41) is 3.58. The molecule has 0 radical (unpaired) electrons. The zero-order valence-electron chi connectivity index (χ0n) is 10.3. The van der Waals surface area contributed by atoms with Crippen LogP contribution in [0, 0.1) is 6.92 Å². The summed E-state index contributed by atoms with van der Waals surface area (Å²) in [6.07, 6.45) is 4.96. The molecule has 1 saturated heterocycles. The third kappa shape index (κ3) is 2.12. The highest BCUT2D eigenvalue weighted by Gasteiger charge is 2.22. The van der Waals surface area contributed by atoms with Crippen molar-refractivity contribution >= 4 is 0 Å². The first kappa shape index (κ1) is 10.9. The van der Waals surface area contributed by atoms with E-state index in [1.54, 1.807) is 0 Å². The molecule has 1 unspecified atom stereocenters. The van der Waals surface area contributed by atoms with E-state index in [0.717, 1.165) is 30.0 Å². The molecule has 3 rings (SSSR count). The maximum atomic E-state index is 5.60. The Balaban J connectivity index is 1.81. The largest absolute Gasteiger partial charge is 0.453 e. The summed E-state index contributed by atoms with van der Waals surface area (Å²) < 4.78 is 11.1. The minimum absolute atomic E-state index is 0.366. The monoisotopic (exact) mass is 233 g/mol. The lowest BCUT2D eigenvalue weighted by molar-refractivity contribution is 0.172. The smallest absolute Gasteiger partial charge is 0.231 e. The molecule has 1 aromatic carbocycles. The van der Waals surface area contributed by atoms with Gasteiger partial charge >= 0.3 is 0 Å². The molecule has 17 heavy (non-hydrogen) atoms. The van der Waals surface area contributed by atoms with Crippen LogP contribution in [0.2, 0.25) is 0 Å². The molecule has 1 N–H and O–H groups in total. The number of aryl methyl sites for hydroxylation is 1. The molecule has 0 aromatic heterocycles. The molecule has 3 nitrogen and oxygen atoms in total. The van der Waals surface area contributed by atoms with Gasteiger partial charge in [0.15, 0.2) is 11.5 Å². The Morgan fingerprint density at radius 3 is 2.94 bits per heavy atom. The van der Waals surface area contributed by atoms with Crippen molar-refractivity contribution in [3.8, 4) is 11.5 Å². The summed E-state index contributed by atoms with van der Waals surface area (Å²) in [6, 6.07) is 4.91. The zero-order chi connectivity index (χ0) is 11.7. The average Bonchev–Trinajstić information content (AvgIpc) is 2.84. The van der Waals surface area contributed by atoms with Gasteiger partial charge in [0, 0.05) is 6.04 Å². The lowest BCUT2D eigenvalue weighted by Gasteiger charge is -2.24. The van der Waals surface area contributed by atoms with E-state index in [0.29, 0.717) is 12.8 Å². The van der Waals surface area contributed by atoms with Gasteiger partial charge in [-0.25, -0.2) is 0 Å². The molecule has 0 amide bonds. The van der Waals surface area contributed by atoms with Crippen LogP contribution in [-0.4, -0.2) is 19.4 Å². The standard InChI is InChI=1S/C14H19NO2/c1-10-5-6-11(14-13(10)16-9-17-14)8-12-4-2-3-7-15-12/h5-6,12,15H,2-4,7-9H2,1H3. The Hall–Kier alpha value is -1.22. The molecule has 1 atom stereocenters. The first-order chi connectivity index (χ1) is 8.34. The molecule has 0 saturated carbocycles. The number of benzene rings is 1. The zero-order valence-corrected chi connectivity index (χ0v) is 10.3. The summed E-state index contributed by atoms with van der Waals surface area (Å²) >= 11 is 0. The second kappa shape index (κ2) is 4.57. The Morgan fingerprint density at radius 2 is 2.12 bits per heavy atom. The van der Waals surface area contributed by atoms with Crippen LogP contribution in [0.5, 0.6) is 11.5 Å². The van der Waals surface area contributed by atoms with Crippen molar-refractivity contribution in [3.63, 3.8) is 0 Å². The van der Waals surface area contributed by atoms with Gasteiger partial charge in [0.25, 0.3) is 0 Å². The number of piperidine rings is 1. The number of hydrogen-bond donors (Lipinski definition) is 1. The predicted octanol–water partition coefficient (Wildman–Crippen LogP) is 2.41. The molecule has 1 aromatic rings. The van der Waals surface area contributed by atoms with Crippen LogP contribution in [0.1, 0.15) is 30.4 Å². The number of fused-ring (bicyclic) bond motifs is 1. The van der Waals surface area contributed by atoms with E-state index in [2.05, 4.69) is 24.4 Å². The van der Waals surface area contributed by atoms with Gasteiger partial charge < -0.3 is 14.8 Å². The minimum Gasteiger partial charge on any atom is -0.453 e. The average molecular weight is 233 g/mol. The topological polar surface area (TPSA) is 30.5 Å². The number of nitrogens with one attached hydrogen (secondary N) is 1. The maximum Gasteiger partial charge on any atom is 0.231 e. The maximum absolute atomic E-state index is 5.60. The minimum atomic E-state index is 0.366. The Labute approximate surface area is 102 Å². The number of hydrogen-bond acceptors (Lipinski definition) is 3. The Kier molecular flexibility index (Phi) is 2.93. The highest BCUT2D eigenvalue weighted by molar-refractivity contribution is 5.53. The normalized spacial score (nSPS) is 22.8. The molecule has 2 heterocycles. The fourth-order valence-corrected chi connectivity index (χ4v) is 2.71. The van der Waals surface area contributed by atoms with E-state index in [4.69, 9.17) is 9.47 Å². The van der Waals surface area contributed by atoms with Crippen LogP contribution in [0.3, 0.4) is 0 Å². The lowest BCUT2D eigenvalue weighted by atomic mass is 9.96. The molecule has 2 aliphatic heterocycles. The fraction of sp³-hybridized carbons (Fsp3) is 0.571. The SMILES string of the molecule is Cc1ccc(CC2CCCCN2)c2c1OCO2. The van der Waals surface area contributed by atoms with E-state index >= 15 is 0 Å². The quantitative estimate of drug-likeness (QED) is 0.851. The van der Waals surface area contributed by atoms with Gasteiger partial charge in [-0.3, -0.25) is 0 Å². The van der Waals surface area contributed by atoms with Crippen LogP contribution >= 0.6 is 0 Å². The molecule has 2 aliphatic rings. The van der Waals surface area contributed by atoms with Crippen LogP contribution in [0.25, 0.3) is 0 Å². The molecule has 3 heteroatoms. The molecular weight excluding hydrogens is 214 g/mol. The first-order valence-corrected chi connectivity index (χ1v) is 6.46. The summed E-state index contributed by atoms with van der Waals surface area (Å²) in [5.41, 5.74) is 2.44. The van der Waals surface area contributed by atoms with Crippen molar-refractivity contribution in [3.05, 3.63) is 23.3 Å². The van der Waals surface area contributed by atoms with Crippen LogP contribution in [0.15, 0.2) is 12.1 Å². The summed E-state index contributed by atoms with van der Waals surface area (Å²) in [5.74, 6) is 1.91. The highest BCUT2D eigenvalue weighted by atomic mass is 16.7. The Morgan fingerprint density at radius 1 is 1.24 bits per heavy atom. The summed E-state index contributed by atoms with van der Waals surface area (Å²) in [6.45, 7) is 3.58. The second-order valence-electron chi connectivity index (χ2n) is 4.96. The van der Waals surface area contributed by atoms with Gasteiger partial charge in [0.2, 0.25) is 6.79 Å². The highest BCUT2D eigenvalue weighted by Crippen LogP contribution is 2.39. The van der Waals surface area contributed by atoms with Gasteiger partial charge in [-0.15, -0.1) is 0 Å². The lowest BCUT2D eigenvalue weighted by Crippen LogP contribution is -2.35. The van der Waals surface area contributed by atoms with Gasteiger partial charge in [0.1, 0.15) is 0 Å². The van der Waals surface area contributed by atoms with Gasteiger partial charge in [-0.05, 0) is 43.9 Å². The molecule has 0 aliphatic carbocycles. The predicted molar refractivity (Wildman–Crippen MR) is 66.6 cm³/mol. The Bertz CT molecular complexity index is 411. The second-order valence-corrected chi connectivity index (χ2v) is 4.96. The molecule has 1 fully saturated rings. The molecule has 0 spiro atoms. The molecule has 0 bridgehead atoms. The van der Waals surface area contributed by atoms with Gasteiger partial charge in [-0.1, -0.05) is 18.6 Å². The molecular formula is C14H19NO2. The number of ether oxygens (including phenoxy) is 2. The number of rotatable bonds is 2. The van der Waals surface area contributed by atoms with Crippen LogP contribution in [-0.2, 0) is 6.42 Å². The summed E-state index contributed by atoms with van der Waals surface area (Å²) in [4.78, 5) is 0. The summed E-state index contributed by atoms with van der Waals surface area (Å²) in [7, 11) is 0. The van der Waals surface area contributed by atoms with E-state index in [-0.39, 0.29) is 0 Å².